The number of nitrogens with zero attached hydrogens (tertiary/aromatic N) is 6. The molecule has 1 fully saturated rings. The number of aryl methyl sites for hydroxylation is 1. The van der Waals surface area contributed by atoms with Crippen LogP contribution in [0.2, 0.25) is 0 Å². The van der Waals surface area contributed by atoms with Crippen molar-refractivity contribution in [1.29, 1.82) is 0 Å². The maximum Gasteiger partial charge on any atom is 0.226 e. The minimum absolute atomic E-state index is 0.0100. The molecule has 3 aromatic rings. The summed E-state index contributed by atoms with van der Waals surface area (Å²) in [5.74, 6) is 1.04. The molecule has 1 atom stereocenters. The number of aliphatic imine (C=N–C) groups is 1. The largest absolute Gasteiger partial charge is 0.343 e. The zero-order valence-electron chi connectivity index (χ0n) is 18.1. The Morgan fingerprint density at radius 2 is 2.06 bits per heavy atom. The lowest BCUT2D eigenvalue weighted by Crippen LogP contribution is -2.49. The number of aromatic amines is 1. The number of anilines is 2. The van der Waals surface area contributed by atoms with Crippen molar-refractivity contribution in [1.82, 2.24) is 29.7 Å². The predicted octanol–water partition coefficient (Wildman–Crippen LogP) is 1.91. The highest BCUT2D eigenvalue weighted by Gasteiger charge is 2.32. The molecule has 0 saturated carbocycles. The average Bonchev–Trinajstić information content (AvgIpc) is 3.43. The van der Waals surface area contributed by atoms with E-state index in [4.69, 9.17) is 0 Å². The number of amides is 1. The fraction of sp³-hybridized carbons (Fsp3) is 0.435. The van der Waals surface area contributed by atoms with Crippen LogP contribution in [0.25, 0.3) is 11.0 Å². The lowest BCUT2D eigenvalue weighted by Gasteiger charge is -2.35. The van der Waals surface area contributed by atoms with Crippen molar-refractivity contribution in [2.24, 2.45) is 10.9 Å². The van der Waals surface area contributed by atoms with Gasteiger partial charge in [0, 0.05) is 49.6 Å². The highest BCUT2D eigenvalue weighted by molar-refractivity contribution is 5.94. The number of carbonyl (C=O) groups excluding carboxylic acids is 1. The normalized spacial score (nSPS) is 20.4. The molecule has 0 aromatic carbocycles. The minimum Gasteiger partial charge on any atom is -0.343 e. The number of pyridine rings is 1. The number of aromatic nitrogens is 4. The van der Waals surface area contributed by atoms with E-state index in [-0.39, 0.29) is 11.8 Å². The van der Waals surface area contributed by atoms with E-state index in [9.17, 15) is 4.79 Å². The Labute approximate surface area is 186 Å². The van der Waals surface area contributed by atoms with Gasteiger partial charge in [-0.1, -0.05) is 0 Å². The van der Waals surface area contributed by atoms with Gasteiger partial charge in [-0.25, -0.2) is 9.97 Å². The Hall–Kier alpha value is -3.33. The van der Waals surface area contributed by atoms with Gasteiger partial charge in [0.05, 0.1) is 29.5 Å². The molecule has 1 aliphatic carbocycles. The average molecular weight is 431 g/mol. The summed E-state index contributed by atoms with van der Waals surface area (Å²) in [5.41, 5.74) is 6.05. The molecule has 0 radical (unpaired) electrons. The number of H-pyrrole nitrogens is 1. The summed E-state index contributed by atoms with van der Waals surface area (Å²) in [6.45, 7) is 4.16. The molecule has 0 spiro atoms. The number of hydrogen-bond acceptors (Lipinski definition) is 7. The highest BCUT2D eigenvalue weighted by atomic mass is 16.2. The summed E-state index contributed by atoms with van der Waals surface area (Å²) in [6, 6.07) is 2.05. The number of fused-ring (bicyclic) bond motifs is 4. The van der Waals surface area contributed by atoms with E-state index < -0.39 is 0 Å². The SMILES string of the molecule is CN1CCN(C(=O)C2CCc3[nH]c4ncnc(Nc5cnc6c(c5)C=NC6)c4c3C2)CC1. The summed E-state index contributed by atoms with van der Waals surface area (Å²) in [7, 11) is 2.11. The maximum atomic E-state index is 13.2. The fourth-order valence-electron chi connectivity index (χ4n) is 5.02. The first-order valence-electron chi connectivity index (χ1n) is 11.2. The predicted molar refractivity (Wildman–Crippen MR) is 122 cm³/mol. The van der Waals surface area contributed by atoms with Crippen LogP contribution in [-0.4, -0.2) is 75.1 Å². The smallest absolute Gasteiger partial charge is 0.226 e. The van der Waals surface area contributed by atoms with Crippen molar-refractivity contribution in [2.75, 3.05) is 38.5 Å². The van der Waals surface area contributed by atoms with E-state index >= 15 is 0 Å². The van der Waals surface area contributed by atoms with Crippen LogP contribution in [0.4, 0.5) is 11.5 Å². The number of carbonyl (C=O) groups is 1. The third-order valence-electron chi connectivity index (χ3n) is 6.88. The first-order chi connectivity index (χ1) is 15.7. The Balaban J connectivity index is 1.29. The van der Waals surface area contributed by atoms with Gasteiger partial charge in [-0.3, -0.25) is 14.8 Å². The Kier molecular flexibility index (Phi) is 4.64. The van der Waals surface area contributed by atoms with Crippen LogP contribution in [0.5, 0.6) is 0 Å². The summed E-state index contributed by atoms with van der Waals surface area (Å²) in [5, 5.41) is 4.41. The fourth-order valence-corrected chi connectivity index (χ4v) is 5.02. The standard InChI is InChI=1S/C23H26N8O/c1-30-4-6-31(7-5-30)23(32)14-2-3-18-17(9-14)20-21(26-13-27-22(20)29-18)28-16-8-15-10-24-12-19(15)25-11-16/h8,10-11,13-14H,2-7,9,12H2,1H3,(H2,26,27,28,29). The Morgan fingerprint density at radius 3 is 2.94 bits per heavy atom. The van der Waals surface area contributed by atoms with Crippen LogP contribution >= 0.6 is 0 Å². The van der Waals surface area contributed by atoms with Crippen molar-refractivity contribution in [3.05, 3.63) is 41.1 Å². The topological polar surface area (TPSA) is 102 Å². The zero-order chi connectivity index (χ0) is 21.7. The van der Waals surface area contributed by atoms with Gasteiger partial charge < -0.3 is 20.1 Å². The minimum atomic E-state index is 0.0100. The Bertz CT molecular complexity index is 1220. The van der Waals surface area contributed by atoms with Crippen molar-refractivity contribution in [3.63, 3.8) is 0 Å². The number of piperazine rings is 1. The van der Waals surface area contributed by atoms with Crippen molar-refractivity contribution in [2.45, 2.75) is 25.8 Å². The molecule has 3 aliphatic rings. The molecule has 164 valence electrons. The lowest BCUT2D eigenvalue weighted by atomic mass is 9.85. The zero-order valence-corrected chi connectivity index (χ0v) is 18.1. The van der Waals surface area contributed by atoms with Gasteiger partial charge in [0.15, 0.2) is 0 Å². The van der Waals surface area contributed by atoms with E-state index in [0.29, 0.717) is 6.54 Å². The van der Waals surface area contributed by atoms with E-state index in [1.165, 1.54) is 5.69 Å². The van der Waals surface area contributed by atoms with Gasteiger partial charge in [0.25, 0.3) is 0 Å². The third-order valence-corrected chi connectivity index (χ3v) is 6.88. The molecule has 0 bridgehead atoms. The number of likely N-dealkylation sites (N-methyl/N-ethyl adjacent to an activating group) is 1. The quantitative estimate of drug-likeness (QED) is 0.658. The van der Waals surface area contributed by atoms with Crippen LogP contribution in [0.1, 0.15) is 28.9 Å². The van der Waals surface area contributed by atoms with E-state index in [0.717, 1.165) is 84.8 Å². The van der Waals surface area contributed by atoms with Gasteiger partial charge >= 0.3 is 0 Å². The number of nitrogens with one attached hydrogen (secondary N) is 2. The van der Waals surface area contributed by atoms with Gasteiger partial charge in [0.1, 0.15) is 17.8 Å². The summed E-state index contributed by atoms with van der Waals surface area (Å²) in [6.07, 6.45) is 7.69. The molecule has 1 unspecified atom stereocenters. The summed E-state index contributed by atoms with van der Waals surface area (Å²) in [4.78, 5) is 38.8. The molecule has 9 nitrogen and oxygen atoms in total. The lowest BCUT2D eigenvalue weighted by molar-refractivity contribution is -0.137. The molecule has 1 saturated heterocycles. The van der Waals surface area contributed by atoms with Crippen LogP contribution in [0.3, 0.4) is 0 Å². The van der Waals surface area contributed by atoms with E-state index in [1.54, 1.807) is 6.33 Å². The molecule has 6 rings (SSSR count). The molecule has 2 aliphatic heterocycles. The van der Waals surface area contributed by atoms with Crippen LogP contribution in [0, 0.1) is 5.92 Å². The molecule has 3 aromatic heterocycles. The van der Waals surface area contributed by atoms with Crippen LogP contribution < -0.4 is 5.32 Å². The molecule has 1 amide bonds. The first-order valence-corrected chi connectivity index (χ1v) is 11.2. The Morgan fingerprint density at radius 1 is 1.19 bits per heavy atom. The van der Waals surface area contributed by atoms with Crippen LogP contribution in [0.15, 0.2) is 23.6 Å². The summed E-state index contributed by atoms with van der Waals surface area (Å²) >= 11 is 0. The van der Waals surface area contributed by atoms with Gasteiger partial charge in [-0.2, -0.15) is 0 Å². The second-order valence-corrected chi connectivity index (χ2v) is 8.95. The van der Waals surface area contributed by atoms with Crippen molar-refractivity contribution in [3.8, 4) is 0 Å². The molecule has 32 heavy (non-hydrogen) atoms. The van der Waals surface area contributed by atoms with Crippen molar-refractivity contribution >= 4 is 34.7 Å². The van der Waals surface area contributed by atoms with E-state index in [1.807, 2.05) is 23.4 Å². The second kappa shape index (κ2) is 7.67. The monoisotopic (exact) mass is 430 g/mol. The molecular weight excluding hydrogens is 404 g/mol. The number of rotatable bonds is 3. The molecule has 2 N–H and O–H groups in total. The molecule has 9 heteroatoms. The highest BCUT2D eigenvalue weighted by Crippen LogP contribution is 2.36. The first kappa shape index (κ1) is 19.4. The molecule has 5 heterocycles. The van der Waals surface area contributed by atoms with Crippen LogP contribution in [-0.2, 0) is 24.2 Å². The maximum absolute atomic E-state index is 13.2. The molecular formula is C23H26N8O. The van der Waals surface area contributed by atoms with Crippen molar-refractivity contribution < 1.29 is 4.79 Å². The second-order valence-electron chi connectivity index (χ2n) is 8.95. The van der Waals surface area contributed by atoms with E-state index in [2.05, 4.69) is 42.2 Å². The van der Waals surface area contributed by atoms with Gasteiger partial charge in [-0.05, 0) is 37.9 Å². The number of hydrogen-bond donors (Lipinski definition) is 2. The summed E-state index contributed by atoms with van der Waals surface area (Å²) < 4.78 is 0. The third kappa shape index (κ3) is 3.33. The van der Waals surface area contributed by atoms with Gasteiger partial charge in [0.2, 0.25) is 5.91 Å². The van der Waals surface area contributed by atoms with Gasteiger partial charge in [-0.15, -0.1) is 0 Å².